The van der Waals surface area contributed by atoms with Gasteiger partial charge < -0.3 is 0 Å². The molecule has 0 aromatic heterocycles. The van der Waals surface area contributed by atoms with Crippen LogP contribution in [0.25, 0.3) is 6.08 Å². The molecule has 0 saturated carbocycles. The molecule has 0 radical (unpaired) electrons. The third-order valence-corrected chi connectivity index (χ3v) is 1.46. The predicted molar refractivity (Wildman–Crippen MR) is 53.6 cm³/mol. The maximum absolute atomic E-state index is 3.94. The lowest BCUT2D eigenvalue weighted by Gasteiger charge is -1.87. The van der Waals surface area contributed by atoms with Gasteiger partial charge in [0.15, 0.2) is 0 Å². The van der Waals surface area contributed by atoms with Crippen LogP contribution in [0.4, 0.5) is 0 Å². The van der Waals surface area contributed by atoms with Gasteiger partial charge in [-0.1, -0.05) is 48.6 Å². The van der Waals surface area contributed by atoms with Crippen molar-refractivity contribution in [3.63, 3.8) is 0 Å². The SMILES string of the molecule is S/C=C\C=C/c1ccccc1. The fourth-order valence-electron chi connectivity index (χ4n) is 0.781. The first kappa shape index (κ1) is 8.15. The molecule has 0 nitrogen and oxygen atoms in total. The molecule has 1 rings (SSSR count). The summed E-state index contributed by atoms with van der Waals surface area (Å²) in [5.74, 6) is 0. The van der Waals surface area contributed by atoms with Gasteiger partial charge in [0.05, 0.1) is 0 Å². The Bertz CT molecular complexity index is 247. The Kier molecular flexibility index (Phi) is 3.56. The average Bonchev–Trinajstić information content (AvgIpc) is 2.07. The molecule has 0 amide bonds. The average molecular weight is 162 g/mol. The summed E-state index contributed by atoms with van der Waals surface area (Å²) < 4.78 is 0. The van der Waals surface area contributed by atoms with Crippen LogP contribution in [0.15, 0.2) is 47.9 Å². The molecule has 0 heterocycles. The number of benzene rings is 1. The Balaban J connectivity index is 2.64. The zero-order valence-corrected chi connectivity index (χ0v) is 7.04. The molecule has 0 saturated heterocycles. The van der Waals surface area contributed by atoms with E-state index in [-0.39, 0.29) is 0 Å². The first-order chi connectivity index (χ1) is 5.43. The highest BCUT2D eigenvalue weighted by Gasteiger charge is 1.78. The van der Waals surface area contributed by atoms with Gasteiger partial charge in [-0.25, -0.2) is 0 Å². The highest BCUT2D eigenvalue weighted by molar-refractivity contribution is 7.83. The van der Waals surface area contributed by atoms with Crippen molar-refractivity contribution in [2.24, 2.45) is 0 Å². The zero-order chi connectivity index (χ0) is 7.94. The molecule has 0 aliphatic carbocycles. The monoisotopic (exact) mass is 162 g/mol. The van der Waals surface area contributed by atoms with Crippen molar-refractivity contribution in [2.75, 3.05) is 0 Å². The van der Waals surface area contributed by atoms with Crippen LogP contribution in [0.2, 0.25) is 0 Å². The molecule has 1 aromatic carbocycles. The number of hydrogen-bond donors (Lipinski definition) is 1. The molecule has 1 heteroatoms. The standard InChI is InChI=1S/C10H10S/c11-9-5-4-8-10-6-2-1-3-7-10/h1-9,11H/b8-4-,9-5-. The highest BCUT2D eigenvalue weighted by atomic mass is 32.1. The van der Waals surface area contributed by atoms with Gasteiger partial charge in [-0.05, 0) is 11.0 Å². The lowest BCUT2D eigenvalue weighted by molar-refractivity contribution is 1.66. The second-order valence-electron chi connectivity index (χ2n) is 2.11. The molecule has 56 valence electrons. The van der Waals surface area contributed by atoms with E-state index < -0.39 is 0 Å². The first-order valence-corrected chi connectivity index (χ1v) is 3.97. The number of hydrogen-bond acceptors (Lipinski definition) is 1. The normalized spacial score (nSPS) is 11.4. The smallest absolute Gasteiger partial charge is 0.0257 e. The van der Waals surface area contributed by atoms with Crippen LogP contribution < -0.4 is 0 Å². The van der Waals surface area contributed by atoms with E-state index >= 15 is 0 Å². The molecule has 0 unspecified atom stereocenters. The lowest BCUT2D eigenvalue weighted by atomic mass is 10.2. The van der Waals surface area contributed by atoms with Gasteiger partial charge >= 0.3 is 0 Å². The van der Waals surface area contributed by atoms with Crippen LogP contribution >= 0.6 is 12.6 Å². The molecule has 0 bridgehead atoms. The van der Waals surface area contributed by atoms with E-state index in [4.69, 9.17) is 0 Å². The molecule has 0 aliphatic rings. The van der Waals surface area contributed by atoms with Gasteiger partial charge in [0.25, 0.3) is 0 Å². The van der Waals surface area contributed by atoms with Crippen LogP contribution in [-0.4, -0.2) is 0 Å². The van der Waals surface area contributed by atoms with Crippen molar-refractivity contribution in [2.45, 2.75) is 0 Å². The second-order valence-corrected chi connectivity index (χ2v) is 2.41. The van der Waals surface area contributed by atoms with E-state index in [1.165, 1.54) is 5.56 Å². The minimum atomic E-state index is 1.21. The molecule has 0 spiro atoms. The molecule has 1 aromatic rings. The number of allylic oxidation sites excluding steroid dienone is 2. The van der Waals surface area contributed by atoms with Crippen LogP contribution in [0.1, 0.15) is 5.56 Å². The Morgan fingerprint density at radius 2 is 1.73 bits per heavy atom. The lowest BCUT2D eigenvalue weighted by Crippen LogP contribution is -1.66. The third kappa shape index (κ3) is 3.10. The van der Waals surface area contributed by atoms with Gasteiger partial charge in [-0.2, -0.15) is 12.6 Å². The summed E-state index contributed by atoms with van der Waals surface area (Å²) in [6, 6.07) is 10.2. The quantitative estimate of drug-likeness (QED) is 0.501. The van der Waals surface area contributed by atoms with E-state index in [9.17, 15) is 0 Å². The molecular formula is C10H10S. The summed E-state index contributed by atoms with van der Waals surface area (Å²) in [5, 5.41) is 1.71. The maximum Gasteiger partial charge on any atom is -0.0257 e. The van der Waals surface area contributed by atoms with Crippen molar-refractivity contribution >= 4 is 18.7 Å². The second kappa shape index (κ2) is 4.80. The van der Waals surface area contributed by atoms with Crippen LogP contribution in [-0.2, 0) is 0 Å². The van der Waals surface area contributed by atoms with Crippen LogP contribution in [0, 0.1) is 0 Å². The Morgan fingerprint density at radius 1 is 1.00 bits per heavy atom. The Hall–Kier alpha value is -0.950. The summed E-state index contributed by atoms with van der Waals surface area (Å²) in [7, 11) is 0. The van der Waals surface area contributed by atoms with Crippen LogP contribution in [0.3, 0.4) is 0 Å². The minimum Gasteiger partial charge on any atom is -0.151 e. The van der Waals surface area contributed by atoms with E-state index in [0.717, 1.165) is 0 Å². The van der Waals surface area contributed by atoms with Crippen molar-refractivity contribution in [3.05, 3.63) is 53.5 Å². The third-order valence-electron chi connectivity index (χ3n) is 1.29. The highest BCUT2D eigenvalue weighted by Crippen LogP contribution is 2.00. The van der Waals surface area contributed by atoms with Crippen molar-refractivity contribution < 1.29 is 0 Å². The van der Waals surface area contributed by atoms with Crippen molar-refractivity contribution in [1.82, 2.24) is 0 Å². The van der Waals surface area contributed by atoms with Gasteiger partial charge in [0, 0.05) is 0 Å². The van der Waals surface area contributed by atoms with Gasteiger partial charge in [0.1, 0.15) is 0 Å². The number of rotatable bonds is 2. The summed E-state index contributed by atoms with van der Waals surface area (Å²) >= 11 is 3.94. The van der Waals surface area contributed by atoms with E-state index in [1.54, 1.807) is 5.41 Å². The van der Waals surface area contributed by atoms with E-state index in [2.05, 4.69) is 24.8 Å². The summed E-state index contributed by atoms with van der Waals surface area (Å²) in [6.45, 7) is 0. The largest absolute Gasteiger partial charge is 0.151 e. The number of thiol groups is 1. The molecule has 0 aliphatic heterocycles. The predicted octanol–water partition coefficient (Wildman–Crippen LogP) is 3.14. The Morgan fingerprint density at radius 3 is 2.36 bits per heavy atom. The van der Waals surface area contributed by atoms with Gasteiger partial charge in [-0.3, -0.25) is 0 Å². The van der Waals surface area contributed by atoms with Crippen molar-refractivity contribution in [1.29, 1.82) is 0 Å². The maximum atomic E-state index is 3.94. The topological polar surface area (TPSA) is 0 Å². The Labute approximate surface area is 72.7 Å². The van der Waals surface area contributed by atoms with E-state index in [0.29, 0.717) is 0 Å². The van der Waals surface area contributed by atoms with Gasteiger partial charge in [-0.15, -0.1) is 0 Å². The molecular weight excluding hydrogens is 152 g/mol. The molecule has 11 heavy (non-hydrogen) atoms. The van der Waals surface area contributed by atoms with Crippen molar-refractivity contribution in [3.8, 4) is 0 Å². The molecule has 0 N–H and O–H groups in total. The van der Waals surface area contributed by atoms with E-state index in [1.807, 2.05) is 36.4 Å². The minimum absolute atomic E-state index is 1.21. The summed E-state index contributed by atoms with van der Waals surface area (Å²) in [6.07, 6.45) is 5.88. The summed E-state index contributed by atoms with van der Waals surface area (Å²) in [4.78, 5) is 0. The summed E-state index contributed by atoms with van der Waals surface area (Å²) in [5.41, 5.74) is 1.21. The van der Waals surface area contributed by atoms with Gasteiger partial charge in [0.2, 0.25) is 0 Å². The molecule has 0 fully saturated rings. The fraction of sp³-hybridized carbons (Fsp3) is 0. The fourth-order valence-corrected chi connectivity index (χ4v) is 0.880. The zero-order valence-electron chi connectivity index (χ0n) is 6.14. The molecule has 0 atom stereocenters. The first-order valence-electron chi connectivity index (χ1n) is 3.46. The van der Waals surface area contributed by atoms with Crippen LogP contribution in [0.5, 0.6) is 0 Å².